The average molecular weight is 468 g/mol. The standard InChI is InChI=1S/C25H26ClN3O4/c1-17(30)28-10-12-29(13-11-28)19-4-6-20(7-5-19)33-25-23(26)14-18(16-27-25)22-15-21(31-2)8-9-24(22)32-3/h4-9,14-16H,10-13H2,1-3H3. The van der Waals surface area contributed by atoms with E-state index in [1.165, 1.54) is 0 Å². The van der Waals surface area contributed by atoms with Gasteiger partial charge in [-0.15, -0.1) is 0 Å². The summed E-state index contributed by atoms with van der Waals surface area (Å²) in [7, 11) is 3.23. The van der Waals surface area contributed by atoms with Crippen molar-refractivity contribution in [1.82, 2.24) is 9.88 Å². The van der Waals surface area contributed by atoms with Gasteiger partial charge in [0.25, 0.3) is 0 Å². The molecule has 1 fully saturated rings. The van der Waals surface area contributed by atoms with Crippen LogP contribution in [0.5, 0.6) is 23.1 Å². The number of hydrogen-bond donors (Lipinski definition) is 0. The van der Waals surface area contributed by atoms with Gasteiger partial charge < -0.3 is 24.0 Å². The first-order chi connectivity index (χ1) is 16.0. The van der Waals surface area contributed by atoms with Gasteiger partial charge in [0.1, 0.15) is 22.3 Å². The number of hydrogen-bond acceptors (Lipinski definition) is 6. The number of carbonyl (C=O) groups excluding carboxylic acids is 1. The summed E-state index contributed by atoms with van der Waals surface area (Å²) in [5.74, 6) is 2.50. The number of rotatable bonds is 6. The van der Waals surface area contributed by atoms with Crippen LogP contribution in [0.4, 0.5) is 5.69 Å². The van der Waals surface area contributed by atoms with Crippen molar-refractivity contribution in [3.05, 3.63) is 59.8 Å². The summed E-state index contributed by atoms with van der Waals surface area (Å²) in [4.78, 5) is 20.1. The van der Waals surface area contributed by atoms with Gasteiger partial charge in [0.15, 0.2) is 0 Å². The molecule has 1 amide bonds. The van der Waals surface area contributed by atoms with Gasteiger partial charge in [0.2, 0.25) is 11.8 Å². The van der Waals surface area contributed by atoms with Crippen LogP contribution in [0, 0.1) is 0 Å². The van der Waals surface area contributed by atoms with Crippen molar-refractivity contribution in [2.45, 2.75) is 6.92 Å². The molecule has 3 aromatic rings. The molecule has 2 aromatic carbocycles. The maximum atomic E-state index is 11.5. The van der Waals surface area contributed by atoms with E-state index in [-0.39, 0.29) is 5.91 Å². The van der Waals surface area contributed by atoms with E-state index in [0.29, 0.717) is 28.2 Å². The minimum Gasteiger partial charge on any atom is -0.497 e. The Bertz CT molecular complexity index is 1130. The lowest BCUT2D eigenvalue weighted by atomic mass is 10.1. The molecule has 0 atom stereocenters. The van der Waals surface area contributed by atoms with Crippen molar-refractivity contribution >= 4 is 23.2 Å². The van der Waals surface area contributed by atoms with Crippen LogP contribution >= 0.6 is 11.6 Å². The van der Waals surface area contributed by atoms with Crippen LogP contribution in [0.1, 0.15) is 6.92 Å². The second-order valence-corrected chi connectivity index (χ2v) is 8.07. The van der Waals surface area contributed by atoms with Crippen molar-refractivity contribution in [3.8, 4) is 34.3 Å². The Hall–Kier alpha value is -3.45. The Morgan fingerprint density at radius 2 is 1.64 bits per heavy atom. The molecule has 2 heterocycles. The van der Waals surface area contributed by atoms with Crippen LogP contribution < -0.4 is 19.1 Å². The fourth-order valence-corrected chi connectivity index (χ4v) is 4.01. The van der Waals surface area contributed by atoms with Crippen LogP contribution in [0.2, 0.25) is 5.02 Å². The third kappa shape index (κ3) is 5.14. The molecule has 1 aliphatic rings. The number of nitrogens with zero attached hydrogens (tertiary/aromatic N) is 3. The van der Waals surface area contributed by atoms with Gasteiger partial charge in [-0.25, -0.2) is 4.98 Å². The van der Waals surface area contributed by atoms with E-state index in [0.717, 1.165) is 43.0 Å². The lowest BCUT2D eigenvalue weighted by Crippen LogP contribution is -2.48. The van der Waals surface area contributed by atoms with Gasteiger partial charge in [-0.05, 0) is 48.5 Å². The summed E-state index contributed by atoms with van der Waals surface area (Å²) >= 11 is 6.49. The number of methoxy groups -OCH3 is 2. The third-order valence-electron chi connectivity index (χ3n) is 5.67. The monoisotopic (exact) mass is 467 g/mol. The lowest BCUT2D eigenvalue weighted by molar-refractivity contribution is -0.129. The largest absolute Gasteiger partial charge is 0.497 e. The van der Waals surface area contributed by atoms with Crippen molar-refractivity contribution in [1.29, 1.82) is 0 Å². The molecule has 8 heteroatoms. The van der Waals surface area contributed by atoms with Gasteiger partial charge >= 0.3 is 0 Å². The van der Waals surface area contributed by atoms with Crippen molar-refractivity contribution in [2.75, 3.05) is 45.3 Å². The molecule has 0 bridgehead atoms. The molecule has 33 heavy (non-hydrogen) atoms. The Morgan fingerprint density at radius 3 is 2.24 bits per heavy atom. The molecule has 0 aliphatic carbocycles. The number of halogens is 1. The SMILES string of the molecule is COc1ccc(OC)c(-c2cnc(Oc3ccc(N4CCN(C(C)=O)CC4)cc3)c(Cl)c2)c1. The third-order valence-corrected chi connectivity index (χ3v) is 5.94. The predicted octanol–water partition coefficient (Wildman–Crippen LogP) is 4.88. The predicted molar refractivity (Wildman–Crippen MR) is 129 cm³/mol. The van der Waals surface area contributed by atoms with Crippen LogP contribution in [0.25, 0.3) is 11.1 Å². The zero-order valence-corrected chi connectivity index (χ0v) is 19.6. The summed E-state index contributed by atoms with van der Waals surface area (Å²) in [6, 6.07) is 15.1. The first kappa shape index (κ1) is 22.7. The smallest absolute Gasteiger partial charge is 0.238 e. The van der Waals surface area contributed by atoms with Crippen molar-refractivity contribution < 1.29 is 19.0 Å². The Morgan fingerprint density at radius 1 is 0.939 bits per heavy atom. The first-order valence-electron chi connectivity index (χ1n) is 10.6. The zero-order valence-electron chi connectivity index (χ0n) is 18.9. The van der Waals surface area contributed by atoms with Crippen molar-refractivity contribution in [2.24, 2.45) is 0 Å². The maximum Gasteiger partial charge on any atom is 0.238 e. The van der Waals surface area contributed by atoms with E-state index < -0.39 is 0 Å². The highest BCUT2D eigenvalue weighted by atomic mass is 35.5. The molecule has 0 saturated carbocycles. The molecular weight excluding hydrogens is 442 g/mol. The number of ether oxygens (including phenoxy) is 3. The molecular formula is C25H26ClN3O4. The van der Waals surface area contributed by atoms with Gasteiger partial charge in [-0.2, -0.15) is 0 Å². The molecule has 0 unspecified atom stereocenters. The number of amides is 1. The quantitative estimate of drug-likeness (QED) is 0.515. The number of pyridine rings is 1. The highest BCUT2D eigenvalue weighted by Crippen LogP contribution is 2.37. The molecule has 172 valence electrons. The molecule has 1 saturated heterocycles. The zero-order chi connectivity index (χ0) is 23.4. The van der Waals surface area contributed by atoms with Gasteiger partial charge in [-0.3, -0.25) is 4.79 Å². The first-order valence-corrected chi connectivity index (χ1v) is 11.0. The molecule has 4 rings (SSSR count). The highest BCUT2D eigenvalue weighted by Gasteiger charge is 2.19. The summed E-state index contributed by atoms with van der Waals surface area (Å²) in [6.07, 6.45) is 1.70. The molecule has 0 spiro atoms. The van der Waals surface area contributed by atoms with Crippen LogP contribution in [-0.4, -0.2) is 56.2 Å². The number of piperazine rings is 1. The van der Waals surface area contributed by atoms with Crippen molar-refractivity contribution in [3.63, 3.8) is 0 Å². The van der Waals surface area contributed by atoms with E-state index in [4.69, 9.17) is 25.8 Å². The minimum atomic E-state index is 0.124. The lowest BCUT2D eigenvalue weighted by Gasteiger charge is -2.35. The van der Waals surface area contributed by atoms with Gasteiger partial charge in [0, 0.05) is 56.1 Å². The van der Waals surface area contributed by atoms with E-state index in [1.54, 1.807) is 33.4 Å². The van der Waals surface area contributed by atoms with Gasteiger partial charge in [0.05, 0.1) is 14.2 Å². The van der Waals surface area contributed by atoms with Crippen LogP contribution in [-0.2, 0) is 4.79 Å². The molecule has 1 aliphatic heterocycles. The topological polar surface area (TPSA) is 64.1 Å². The molecule has 0 radical (unpaired) electrons. The second-order valence-electron chi connectivity index (χ2n) is 7.67. The Balaban J connectivity index is 1.46. The summed E-state index contributed by atoms with van der Waals surface area (Å²) in [5.41, 5.74) is 2.71. The average Bonchev–Trinajstić information content (AvgIpc) is 2.85. The minimum absolute atomic E-state index is 0.124. The molecule has 7 nitrogen and oxygen atoms in total. The number of aromatic nitrogens is 1. The van der Waals surface area contributed by atoms with Gasteiger partial charge in [-0.1, -0.05) is 11.6 Å². The van der Waals surface area contributed by atoms with E-state index >= 15 is 0 Å². The van der Waals surface area contributed by atoms with E-state index in [2.05, 4.69) is 9.88 Å². The summed E-state index contributed by atoms with van der Waals surface area (Å²) in [5, 5.41) is 0.391. The maximum absolute atomic E-state index is 11.5. The Labute approximate surface area is 198 Å². The fourth-order valence-electron chi connectivity index (χ4n) is 3.80. The number of anilines is 1. The summed E-state index contributed by atoms with van der Waals surface area (Å²) in [6.45, 7) is 4.69. The Kier molecular flexibility index (Phi) is 6.89. The second kappa shape index (κ2) is 10.0. The van der Waals surface area contributed by atoms with Crippen LogP contribution in [0.15, 0.2) is 54.7 Å². The summed E-state index contributed by atoms with van der Waals surface area (Å²) < 4.78 is 16.7. The highest BCUT2D eigenvalue weighted by molar-refractivity contribution is 6.32. The number of benzene rings is 2. The molecule has 0 N–H and O–H groups in total. The fraction of sp³-hybridized carbons (Fsp3) is 0.280. The number of carbonyl (C=O) groups is 1. The normalized spacial score (nSPS) is 13.6. The van der Waals surface area contributed by atoms with E-state index in [1.807, 2.05) is 47.4 Å². The van der Waals surface area contributed by atoms with Crippen LogP contribution in [0.3, 0.4) is 0 Å². The van der Waals surface area contributed by atoms with E-state index in [9.17, 15) is 4.79 Å². The molecule has 1 aromatic heterocycles.